The summed E-state index contributed by atoms with van der Waals surface area (Å²) in [4.78, 5) is 26.1. The van der Waals surface area contributed by atoms with Crippen molar-refractivity contribution in [3.8, 4) is 0 Å². The molecule has 5 heteroatoms. The highest BCUT2D eigenvalue weighted by Crippen LogP contribution is 2.15. The first-order valence-electron chi connectivity index (χ1n) is 6.61. The van der Waals surface area contributed by atoms with E-state index in [1.165, 1.54) is 0 Å². The summed E-state index contributed by atoms with van der Waals surface area (Å²) in [5, 5.41) is 5.99. The number of rotatable bonds is 2. The predicted molar refractivity (Wildman–Crippen MR) is 70.4 cm³/mol. The Balaban J connectivity index is 1.76. The predicted octanol–water partition coefficient (Wildman–Crippen LogP) is -0.472. The number of nitrogens with one attached hydrogen (secondary N) is 2. The van der Waals surface area contributed by atoms with Gasteiger partial charge >= 0.3 is 0 Å². The summed E-state index contributed by atoms with van der Waals surface area (Å²) in [5.41, 5.74) is 1.06. The molecule has 2 atom stereocenters. The van der Waals surface area contributed by atoms with E-state index in [-0.39, 0.29) is 17.9 Å². The Hall–Kier alpha value is -1.88. The highest BCUT2D eigenvalue weighted by molar-refractivity contribution is 5.97. The van der Waals surface area contributed by atoms with Crippen molar-refractivity contribution in [2.45, 2.75) is 18.5 Å². The highest BCUT2D eigenvalue weighted by Gasteiger charge is 2.41. The van der Waals surface area contributed by atoms with E-state index in [1.54, 1.807) is 4.90 Å². The van der Waals surface area contributed by atoms with Crippen LogP contribution in [0.3, 0.4) is 0 Å². The molecule has 2 aliphatic rings. The van der Waals surface area contributed by atoms with E-state index in [1.807, 2.05) is 30.3 Å². The fourth-order valence-electron chi connectivity index (χ4n) is 2.72. The number of hydrogen-bond acceptors (Lipinski definition) is 3. The summed E-state index contributed by atoms with van der Waals surface area (Å²) in [7, 11) is 0. The van der Waals surface area contributed by atoms with Crippen LogP contribution in [0.4, 0.5) is 0 Å². The maximum Gasteiger partial charge on any atom is 0.246 e. The molecule has 0 radical (unpaired) electrons. The molecule has 0 aliphatic carbocycles. The minimum atomic E-state index is -0.427. The molecule has 2 heterocycles. The lowest BCUT2D eigenvalue weighted by atomic mass is 9.99. The molecule has 2 aliphatic heterocycles. The largest absolute Gasteiger partial charge is 0.342 e. The zero-order chi connectivity index (χ0) is 13.2. The average molecular weight is 259 g/mol. The van der Waals surface area contributed by atoms with E-state index >= 15 is 0 Å². The number of hydrogen-bond donors (Lipinski definition) is 2. The first-order valence-corrected chi connectivity index (χ1v) is 6.61. The van der Waals surface area contributed by atoms with Gasteiger partial charge in [-0.15, -0.1) is 0 Å². The van der Waals surface area contributed by atoms with E-state index in [0.717, 1.165) is 12.1 Å². The van der Waals surface area contributed by atoms with Crippen LogP contribution in [0, 0.1) is 0 Å². The van der Waals surface area contributed by atoms with Gasteiger partial charge in [-0.2, -0.15) is 0 Å². The van der Waals surface area contributed by atoms with Gasteiger partial charge in [0.1, 0.15) is 12.1 Å². The molecule has 100 valence electrons. The fourth-order valence-corrected chi connectivity index (χ4v) is 2.72. The van der Waals surface area contributed by atoms with E-state index in [9.17, 15) is 9.59 Å². The SMILES string of the molecule is O=C1N[C@H](Cc2ccccc2)C(=O)N2CCNC[C@H]12. The molecule has 2 N–H and O–H groups in total. The van der Waals surface area contributed by atoms with Gasteiger partial charge in [-0.25, -0.2) is 0 Å². The summed E-state index contributed by atoms with van der Waals surface area (Å²) in [6, 6.07) is 9.01. The van der Waals surface area contributed by atoms with Gasteiger partial charge in [0, 0.05) is 26.1 Å². The molecule has 0 unspecified atom stereocenters. The number of amides is 2. The molecule has 19 heavy (non-hydrogen) atoms. The van der Waals surface area contributed by atoms with Crippen molar-refractivity contribution in [2.24, 2.45) is 0 Å². The first kappa shape index (κ1) is 12.2. The zero-order valence-corrected chi connectivity index (χ0v) is 10.6. The standard InChI is InChI=1S/C14H17N3O2/c18-13-12-9-15-6-7-17(12)14(19)11(16-13)8-10-4-2-1-3-5-10/h1-5,11-12,15H,6-9H2,(H,16,18)/t11-,12-/m1/s1. The quantitative estimate of drug-likeness (QED) is 0.754. The Morgan fingerprint density at radius 3 is 2.79 bits per heavy atom. The highest BCUT2D eigenvalue weighted by atomic mass is 16.2. The van der Waals surface area contributed by atoms with Crippen LogP contribution in [0.25, 0.3) is 0 Å². The maximum atomic E-state index is 12.4. The summed E-state index contributed by atoms with van der Waals surface area (Å²) < 4.78 is 0. The van der Waals surface area contributed by atoms with E-state index in [0.29, 0.717) is 19.5 Å². The molecular weight excluding hydrogens is 242 g/mol. The Labute approximate surface area is 112 Å². The van der Waals surface area contributed by atoms with Gasteiger partial charge in [0.05, 0.1) is 0 Å². The molecule has 1 aromatic rings. The van der Waals surface area contributed by atoms with Gasteiger partial charge in [0.2, 0.25) is 11.8 Å². The van der Waals surface area contributed by atoms with Gasteiger partial charge in [-0.3, -0.25) is 9.59 Å². The van der Waals surface area contributed by atoms with Crippen LogP contribution in [0.15, 0.2) is 30.3 Å². The number of fused-ring (bicyclic) bond motifs is 1. The second-order valence-corrected chi connectivity index (χ2v) is 5.00. The van der Waals surface area contributed by atoms with Crippen LogP contribution in [0.5, 0.6) is 0 Å². The fraction of sp³-hybridized carbons (Fsp3) is 0.429. The molecule has 0 bridgehead atoms. The Morgan fingerprint density at radius 2 is 2.00 bits per heavy atom. The van der Waals surface area contributed by atoms with Crippen LogP contribution in [-0.4, -0.2) is 48.4 Å². The van der Waals surface area contributed by atoms with Crippen LogP contribution < -0.4 is 10.6 Å². The normalized spacial score (nSPS) is 26.8. The van der Waals surface area contributed by atoms with Gasteiger partial charge in [-0.05, 0) is 5.56 Å². The van der Waals surface area contributed by atoms with Gasteiger partial charge in [-0.1, -0.05) is 30.3 Å². The van der Waals surface area contributed by atoms with E-state index in [2.05, 4.69) is 10.6 Å². The lowest BCUT2D eigenvalue weighted by Gasteiger charge is -2.41. The van der Waals surface area contributed by atoms with E-state index < -0.39 is 6.04 Å². The number of benzene rings is 1. The van der Waals surface area contributed by atoms with Crippen molar-refractivity contribution in [2.75, 3.05) is 19.6 Å². The minimum Gasteiger partial charge on any atom is -0.342 e. The van der Waals surface area contributed by atoms with Gasteiger partial charge in [0.25, 0.3) is 0 Å². The molecule has 0 saturated carbocycles. The minimum absolute atomic E-state index is 0.0370. The Kier molecular flexibility index (Phi) is 3.21. The second kappa shape index (κ2) is 5.01. The third-order valence-electron chi connectivity index (χ3n) is 3.73. The topological polar surface area (TPSA) is 61.4 Å². The zero-order valence-electron chi connectivity index (χ0n) is 10.6. The van der Waals surface area contributed by atoms with E-state index in [4.69, 9.17) is 0 Å². The first-order chi connectivity index (χ1) is 9.25. The van der Waals surface area contributed by atoms with Crippen molar-refractivity contribution in [1.29, 1.82) is 0 Å². The summed E-state index contributed by atoms with van der Waals surface area (Å²) >= 11 is 0. The number of piperazine rings is 2. The van der Waals surface area contributed by atoms with Crippen molar-refractivity contribution < 1.29 is 9.59 Å². The van der Waals surface area contributed by atoms with Crippen molar-refractivity contribution in [3.05, 3.63) is 35.9 Å². The summed E-state index contributed by atoms with van der Waals surface area (Å²) in [5.74, 6) is -0.0114. The molecule has 0 aromatic heterocycles. The number of carbonyl (C=O) groups is 2. The third kappa shape index (κ3) is 2.33. The molecular formula is C14H17N3O2. The third-order valence-corrected chi connectivity index (χ3v) is 3.73. The molecule has 0 spiro atoms. The molecule has 2 amide bonds. The number of carbonyl (C=O) groups excluding carboxylic acids is 2. The van der Waals surface area contributed by atoms with Gasteiger partial charge < -0.3 is 15.5 Å². The van der Waals surface area contributed by atoms with Crippen LogP contribution in [0.2, 0.25) is 0 Å². The Bertz CT molecular complexity index is 489. The lowest BCUT2D eigenvalue weighted by molar-refractivity contribution is -0.150. The van der Waals surface area contributed by atoms with Crippen molar-refractivity contribution >= 4 is 11.8 Å². The molecule has 2 fully saturated rings. The monoisotopic (exact) mass is 259 g/mol. The molecule has 2 saturated heterocycles. The van der Waals surface area contributed by atoms with Crippen molar-refractivity contribution in [3.63, 3.8) is 0 Å². The van der Waals surface area contributed by atoms with Crippen LogP contribution in [0.1, 0.15) is 5.56 Å². The Morgan fingerprint density at radius 1 is 1.21 bits per heavy atom. The second-order valence-electron chi connectivity index (χ2n) is 5.00. The number of nitrogens with zero attached hydrogens (tertiary/aromatic N) is 1. The summed E-state index contributed by atoms with van der Waals surface area (Å²) in [6.45, 7) is 1.92. The molecule has 3 rings (SSSR count). The lowest BCUT2D eigenvalue weighted by Crippen LogP contribution is -2.69. The average Bonchev–Trinajstić information content (AvgIpc) is 2.46. The van der Waals surface area contributed by atoms with Crippen LogP contribution in [-0.2, 0) is 16.0 Å². The van der Waals surface area contributed by atoms with Crippen molar-refractivity contribution in [1.82, 2.24) is 15.5 Å². The molecule has 5 nitrogen and oxygen atoms in total. The van der Waals surface area contributed by atoms with Gasteiger partial charge in [0.15, 0.2) is 0 Å². The maximum absolute atomic E-state index is 12.4. The molecule has 1 aromatic carbocycles. The smallest absolute Gasteiger partial charge is 0.246 e. The summed E-state index contributed by atoms with van der Waals surface area (Å²) in [6.07, 6.45) is 0.558. The van der Waals surface area contributed by atoms with Crippen LogP contribution >= 0.6 is 0 Å².